The van der Waals surface area contributed by atoms with Crippen molar-refractivity contribution in [3.8, 4) is 0 Å². The standard InChI is InChI=1S/C14H20N2O/c1-12(2)14-5-3-13(4-6-14)11-15-16-7-9-17-10-8-16/h3-6,11-12H,7-10H2,1-2H3/b15-11-. The lowest BCUT2D eigenvalue weighted by atomic mass is 10.0. The molecule has 0 N–H and O–H groups in total. The van der Waals surface area contributed by atoms with Crippen molar-refractivity contribution in [3.05, 3.63) is 35.4 Å². The predicted octanol–water partition coefficient (Wildman–Crippen LogP) is 2.48. The molecule has 1 aromatic rings. The van der Waals surface area contributed by atoms with E-state index < -0.39 is 0 Å². The monoisotopic (exact) mass is 232 g/mol. The van der Waals surface area contributed by atoms with Gasteiger partial charge >= 0.3 is 0 Å². The summed E-state index contributed by atoms with van der Waals surface area (Å²) in [7, 11) is 0. The number of ether oxygens (including phenoxy) is 1. The zero-order valence-electron chi connectivity index (χ0n) is 10.6. The molecule has 1 aromatic carbocycles. The van der Waals surface area contributed by atoms with Crippen LogP contribution in [0.4, 0.5) is 0 Å². The first-order valence-corrected chi connectivity index (χ1v) is 6.22. The van der Waals surface area contributed by atoms with Gasteiger partial charge in [-0.15, -0.1) is 0 Å². The largest absolute Gasteiger partial charge is 0.378 e. The van der Waals surface area contributed by atoms with Gasteiger partial charge in [0.1, 0.15) is 0 Å². The predicted molar refractivity (Wildman–Crippen MR) is 70.5 cm³/mol. The van der Waals surface area contributed by atoms with Gasteiger partial charge in [0.15, 0.2) is 0 Å². The van der Waals surface area contributed by atoms with Crippen LogP contribution in [0.15, 0.2) is 29.4 Å². The molecule has 17 heavy (non-hydrogen) atoms. The summed E-state index contributed by atoms with van der Waals surface area (Å²) < 4.78 is 5.28. The lowest BCUT2D eigenvalue weighted by molar-refractivity contribution is 0.0397. The summed E-state index contributed by atoms with van der Waals surface area (Å²) in [5, 5.41) is 6.51. The first kappa shape index (κ1) is 12.1. The minimum absolute atomic E-state index is 0.584. The van der Waals surface area contributed by atoms with Crippen LogP contribution in [0.2, 0.25) is 0 Å². The summed E-state index contributed by atoms with van der Waals surface area (Å²) in [6.45, 7) is 7.75. The molecule has 3 heteroatoms. The van der Waals surface area contributed by atoms with Gasteiger partial charge in [-0.1, -0.05) is 38.1 Å². The number of morpholine rings is 1. The Balaban J connectivity index is 1.95. The summed E-state index contributed by atoms with van der Waals surface area (Å²) in [6.07, 6.45) is 1.93. The number of hydrogen-bond donors (Lipinski definition) is 0. The molecular formula is C14H20N2O. The van der Waals surface area contributed by atoms with Crippen molar-refractivity contribution < 1.29 is 4.74 Å². The first-order valence-electron chi connectivity index (χ1n) is 6.22. The number of nitrogens with zero attached hydrogens (tertiary/aromatic N) is 2. The van der Waals surface area contributed by atoms with Gasteiger partial charge in [-0.3, -0.25) is 5.01 Å². The van der Waals surface area contributed by atoms with Gasteiger partial charge in [-0.05, 0) is 17.0 Å². The molecule has 92 valence electrons. The van der Waals surface area contributed by atoms with E-state index in [1.54, 1.807) is 0 Å². The molecule has 1 aliphatic rings. The van der Waals surface area contributed by atoms with Gasteiger partial charge in [0.05, 0.1) is 32.5 Å². The van der Waals surface area contributed by atoms with Crippen molar-refractivity contribution in [1.82, 2.24) is 5.01 Å². The highest BCUT2D eigenvalue weighted by Gasteiger charge is 2.06. The van der Waals surface area contributed by atoms with Crippen molar-refractivity contribution in [2.75, 3.05) is 26.3 Å². The van der Waals surface area contributed by atoms with Gasteiger partial charge in [0.2, 0.25) is 0 Å². The quantitative estimate of drug-likeness (QED) is 0.748. The molecule has 0 spiro atoms. The average Bonchev–Trinajstić information content (AvgIpc) is 2.38. The Bertz CT molecular complexity index is 364. The van der Waals surface area contributed by atoms with E-state index in [-0.39, 0.29) is 0 Å². The fourth-order valence-electron chi connectivity index (χ4n) is 1.78. The minimum atomic E-state index is 0.584. The SMILES string of the molecule is CC(C)c1ccc(/C=N\N2CCOCC2)cc1. The molecule has 0 amide bonds. The molecule has 1 heterocycles. The minimum Gasteiger partial charge on any atom is -0.378 e. The Morgan fingerprint density at radius 1 is 1.18 bits per heavy atom. The van der Waals surface area contributed by atoms with Crippen molar-refractivity contribution in [3.63, 3.8) is 0 Å². The maximum absolute atomic E-state index is 5.28. The topological polar surface area (TPSA) is 24.8 Å². The number of hydrogen-bond acceptors (Lipinski definition) is 3. The maximum atomic E-state index is 5.28. The molecule has 0 atom stereocenters. The fraction of sp³-hybridized carbons (Fsp3) is 0.500. The molecule has 0 radical (unpaired) electrons. The van der Waals surface area contributed by atoms with E-state index >= 15 is 0 Å². The van der Waals surface area contributed by atoms with Gasteiger partial charge in [-0.2, -0.15) is 5.10 Å². The van der Waals surface area contributed by atoms with Crippen LogP contribution in [-0.4, -0.2) is 37.5 Å². The Labute approximate surface area is 103 Å². The lowest BCUT2D eigenvalue weighted by Crippen LogP contribution is -2.32. The smallest absolute Gasteiger partial charge is 0.0659 e. The van der Waals surface area contributed by atoms with Crippen LogP contribution in [-0.2, 0) is 4.74 Å². The van der Waals surface area contributed by atoms with E-state index in [0.29, 0.717) is 5.92 Å². The molecule has 1 aliphatic heterocycles. The van der Waals surface area contributed by atoms with Crippen molar-refractivity contribution >= 4 is 6.21 Å². The molecule has 0 saturated carbocycles. The number of hydrazone groups is 1. The first-order chi connectivity index (χ1) is 8.25. The highest BCUT2D eigenvalue weighted by Crippen LogP contribution is 2.13. The third-order valence-corrected chi connectivity index (χ3v) is 2.96. The Morgan fingerprint density at radius 2 is 1.82 bits per heavy atom. The normalized spacial score (nSPS) is 17.0. The second kappa shape index (κ2) is 5.82. The van der Waals surface area contributed by atoms with Gasteiger partial charge < -0.3 is 4.74 Å². The van der Waals surface area contributed by atoms with Crippen molar-refractivity contribution in [2.24, 2.45) is 5.10 Å². The second-order valence-corrected chi connectivity index (χ2v) is 4.63. The Kier molecular flexibility index (Phi) is 4.15. The van der Waals surface area contributed by atoms with Crippen molar-refractivity contribution in [1.29, 1.82) is 0 Å². The molecule has 0 unspecified atom stereocenters. The molecule has 1 fully saturated rings. The number of rotatable bonds is 3. The molecule has 0 aromatic heterocycles. The fourth-order valence-corrected chi connectivity index (χ4v) is 1.78. The molecule has 0 bridgehead atoms. The molecular weight excluding hydrogens is 212 g/mol. The summed E-state index contributed by atoms with van der Waals surface area (Å²) in [5.74, 6) is 0.584. The summed E-state index contributed by atoms with van der Waals surface area (Å²) in [6, 6.07) is 8.59. The van der Waals surface area contributed by atoms with Crippen LogP contribution < -0.4 is 0 Å². The third-order valence-electron chi connectivity index (χ3n) is 2.96. The molecule has 0 aliphatic carbocycles. The Hall–Kier alpha value is -1.35. The van der Waals surface area contributed by atoms with Crippen LogP contribution in [0.1, 0.15) is 30.9 Å². The van der Waals surface area contributed by atoms with Gasteiger partial charge in [-0.25, -0.2) is 0 Å². The van der Waals surface area contributed by atoms with Gasteiger partial charge in [0, 0.05) is 0 Å². The van der Waals surface area contributed by atoms with E-state index in [1.165, 1.54) is 5.56 Å². The van der Waals surface area contributed by atoms with Crippen molar-refractivity contribution in [2.45, 2.75) is 19.8 Å². The molecule has 2 rings (SSSR count). The van der Waals surface area contributed by atoms with Gasteiger partial charge in [0.25, 0.3) is 0 Å². The van der Waals surface area contributed by atoms with E-state index in [1.807, 2.05) is 6.21 Å². The van der Waals surface area contributed by atoms with E-state index in [4.69, 9.17) is 4.74 Å². The Morgan fingerprint density at radius 3 is 2.41 bits per heavy atom. The highest BCUT2D eigenvalue weighted by atomic mass is 16.5. The number of benzene rings is 1. The maximum Gasteiger partial charge on any atom is 0.0659 e. The van der Waals surface area contributed by atoms with Crippen LogP contribution in [0.25, 0.3) is 0 Å². The second-order valence-electron chi connectivity index (χ2n) is 4.63. The summed E-state index contributed by atoms with van der Waals surface area (Å²) in [5.41, 5.74) is 2.52. The van der Waals surface area contributed by atoms with Crippen LogP contribution in [0.5, 0.6) is 0 Å². The van der Waals surface area contributed by atoms with E-state index in [0.717, 1.165) is 31.9 Å². The third kappa shape index (κ3) is 3.56. The zero-order chi connectivity index (χ0) is 12.1. The van der Waals surface area contributed by atoms with Crippen LogP contribution in [0, 0.1) is 0 Å². The van der Waals surface area contributed by atoms with Crippen LogP contribution >= 0.6 is 0 Å². The summed E-state index contributed by atoms with van der Waals surface area (Å²) in [4.78, 5) is 0. The lowest BCUT2D eigenvalue weighted by Gasteiger charge is -2.23. The average molecular weight is 232 g/mol. The van der Waals surface area contributed by atoms with Crippen LogP contribution in [0.3, 0.4) is 0 Å². The van der Waals surface area contributed by atoms with E-state index in [2.05, 4.69) is 48.2 Å². The summed E-state index contributed by atoms with van der Waals surface area (Å²) >= 11 is 0. The highest BCUT2D eigenvalue weighted by molar-refractivity contribution is 5.79. The van der Waals surface area contributed by atoms with E-state index in [9.17, 15) is 0 Å². The zero-order valence-corrected chi connectivity index (χ0v) is 10.6. The molecule has 1 saturated heterocycles. The molecule has 3 nitrogen and oxygen atoms in total.